The standard InChI is InChI=1S/C16H16O2S/c1-12-4-2-3-5-15(12)11-19-10-13-6-8-14(9-7-13)16(17)18/h2-9H,10-11H2,1H3,(H,17,18). The summed E-state index contributed by atoms with van der Waals surface area (Å²) >= 11 is 1.84. The summed E-state index contributed by atoms with van der Waals surface area (Å²) in [5.41, 5.74) is 4.17. The van der Waals surface area contributed by atoms with Crippen LogP contribution in [-0.4, -0.2) is 11.1 Å². The average molecular weight is 272 g/mol. The van der Waals surface area contributed by atoms with Gasteiger partial charge < -0.3 is 5.11 Å². The molecule has 0 radical (unpaired) electrons. The third-order valence-electron chi connectivity index (χ3n) is 2.99. The second kappa shape index (κ2) is 6.43. The van der Waals surface area contributed by atoms with E-state index in [1.165, 1.54) is 11.1 Å². The van der Waals surface area contributed by atoms with E-state index in [4.69, 9.17) is 5.11 Å². The van der Waals surface area contributed by atoms with Gasteiger partial charge in [-0.15, -0.1) is 0 Å². The lowest BCUT2D eigenvalue weighted by Crippen LogP contribution is -1.95. The van der Waals surface area contributed by atoms with Crippen molar-refractivity contribution < 1.29 is 9.90 Å². The maximum absolute atomic E-state index is 10.7. The van der Waals surface area contributed by atoms with Crippen LogP contribution in [0.1, 0.15) is 27.0 Å². The molecule has 0 aromatic heterocycles. The summed E-state index contributed by atoms with van der Waals surface area (Å²) in [5, 5.41) is 8.83. The molecular formula is C16H16O2S. The summed E-state index contributed by atoms with van der Waals surface area (Å²) in [6, 6.07) is 15.5. The molecule has 0 unspecified atom stereocenters. The van der Waals surface area contributed by atoms with Crippen molar-refractivity contribution in [1.82, 2.24) is 0 Å². The molecule has 2 nitrogen and oxygen atoms in total. The van der Waals surface area contributed by atoms with Crippen LogP contribution in [-0.2, 0) is 11.5 Å². The largest absolute Gasteiger partial charge is 0.478 e. The van der Waals surface area contributed by atoms with Crippen LogP contribution in [0.25, 0.3) is 0 Å². The molecule has 3 heteroatoms. The van der Waals surface area contributed by atoms with Crippen LogP contribution in [0.4, 0.5) is 0 Å². The number of carboxylic acid groups (broad SMARTS) is 1. The van der Waals surface area contributed by atoms with Gasteiger partial charge in [0, 0.05) is 11.5 Å². The Morgan fingerprint density at radius 1 is 1.05 bits per heavy atom. The van der Waals surface area contributed by atoms with Gasteiger partial charge in [-0.05, 0) is 35.7 Å². The van der Waals surface area contributed by atoms with Gasteiger partial charge in [-0.1, -0.05) is 36.4 Å². The predicted molar refractivity (Wildman–Crippen MR) is 79.6 cm³/mol. The Labute approximate surface area is 117 Å². The molecule has 0 saturated heterocycles. The number of thioether (sulfide) groups is 1. The fourth-order valence-corrected chi connectivity index (χ4v) is 2.87. The highest BCUT2D eigenvalue weighted by Crippen LogP contribution is 2.20. The summed E-state index contributed by atoms with van der Waals surface area (Å²) in [6.07, 6.45) is 0. The van der Waals surface area contributed by atoms with E-state index in [2.05, 4.69) is 25.1 Å². The molecule has 2 aromatic carbocycles. The van der Waals surface area contributed by atoms with E-state index in [1.807, 2.05) is 30.0 Å². The molecule has 0 aliphatic rings. The minimum Gasteiger partial charge on any atom is -0.478 e. The van der Waals surface area contributed by atoms with E-state index in [9.17, 15) is 4.79 Å². The Bertz CT molecular complexity index is 561. The smallest absolute Gasteiger partial charge is 0.335 e. The summed E-state index contributed by atoms with van der Waals surface area (Å²) in [5.74, 6) is 1.00. The topological polar surface area (TPSA) is 37.3 Å². The molecule has 0 aliphatic heterocycles. The Hall–Kier alpha value is -1.74. The minimum absolute atomic E-state index is 0.340. The van der Waals surface area contributed by atoms with Gasteiger partial charge in [-0.2, -0.15) is 11.8 Å². The van der Waals surface area contributed by atoms with Crippen LogP contribution in [0.2, 0.25) is 0 Å². The summed E-state index contributed by atoms with van der Waals surface area (Å²) < 4.78 is 0. The summed E-state index contributed by atoms with van der Waals surface area (Å²) in [7, 11) is 0. The minimum atomic E-state index is -0.876. The molecule has 0 aliphatic carbocycles. The molecule has 19 heavy (non-hydrogen) atoms. The van der Waals surface area contributed by atoms with E-state index < -0.39 is 5.97 Å². The van der Waals surface area contributed by atoms with Gasteiger partial charge >= 0.3 is 5.97 Å². The second-order valence-electron chi connectivity index (χ2n) is 4.42. The third kappa shape index (κ3) is 3.86. The van der Waals surface area contributed by atoms with Crippen LogP contribution in [0.3, 0.4) is 0 Å². The highest BCUT2D eigenvalue weighted by atomic mass is 32.2. The van der Waals surface area contributed by atoms with Crippen LogP contribution in [0.15, 0.2) is 48.5 Å². The van der Waals surface area contributed by atoms with Crippen molar-refractivity contribution in [1.29, 1.82) is 0 Å². The first kappa shape index (κ1) is 13.7. The van der Waals surface area contributed by atoms with Crippen molar-refractivity contribution in [3.8, 4) is 0 Å². The number of carboxylic acids is 1. The van der Waals surface area contributed by atoms with Gasteiger partial charge in [0.2, 0.25) is 0 Å². The average Bonchev–Trinajstić information content (AvgIpc) is 2.41. The lowest BCUT2D eigenvalue weighted by atomic mass is 10.1. The number of hydrogen-bond donors (Lipinski definition) is 1. The number of rotatable bonds is 5. The highest BCUT2D eigenvalue weighted by molar-refractivity contribution is 7.97. The Morgan fingerprint density at radius 3 is 2.37 bits per heavy atom. The maximum atomic E-state index is 10.7. The molecule has 0 bridgehead atoms. The molecule has 98 valence electrons. The van der Waals surface area contributed by atoms with Crippen LogP contribution < -0.4 is 0 Å². The monoisotopic (exact) mass is 272 g/mol. The van der Waals surface area contributed by atoms with Crippen molar-refractivity contribution in [2.24, 2.45) is 0 Å². The van der Waals surface area contributed by atoms with Gasteiger partial charge in [0.1, 0.15) is 0 Å². The van der Waals surface area contributed by atoms with E-state index in [0.717, 1.165) is 17.1 Å². The van der Waals surface area contributed by atoms with Crippen LogP contribution in [0.5, 0.6) is 0 Å². The zero-order chi connectivity index (χ0) is 13.7. The molecule has 0 amide bonds. The third-order valence-corrected chi connectivity index (χ3v) is 4.04. The number of aromatic carboxylic acids is 1. The molecule has 0 atom stereocenters. The summed E-state index contributed by atoms with van der Waals surface area (Å²) in [4.78, 5) is 10.7. The van der Waals surface area contributed by atoms with Gasteiger partial charge in [0.15, 0.2) is 0 Å². The predicted octanol–water partition coefficient (Wildman–Crippen LogP) is 4.13. The highest BCUT2D eigenvalue weighted by Gasteiger charge is 2.02. The van der Waals surface area contributed by atoms with Crippen LogP contribution in [0, 0.1) is 6.92 Å². The quantitative estimate of drug-likeness (QED) is 0.889. The van der Waals surface area contributed by atoms with Crippen LogP contribution >= 0.6 is 11.8 Å². The molecule has 0 saturated carbocycles. The van der Waals surface area contributed by atoms with E-state index in [1.54, 1.807) is 12.1 Å². The van der Waals surface area contributed by atoms with Crippen molar-refractivity contribution in [3.63, 3.8) is 0 Å². The molecule has 0 heterocycles. The van der Waals surface area contributed by atoms with E-state index in [-0.39, 0.29) is 0 Å². The lowest BCUT2D eigenvalue weighted by molar-refractivity contribution is 0.0697. The molecule has 0 spiro atoms. The fraction of sp³-hybridized carbons (Fsp3) is 0.188. The fourth-order valence-electron chi connectivity index (χ4n) is 1.79. The normalized spacial score (nSPS) is 10.4. The number of aryl methyl sites for hydroxylation is 1. The molecule has 1 N–H and O–H groups in total. The van der Waals surface area contributed by atoms with E-state index in [0.29, 0.717) is 5.56 Å². The number of carbonyl (C=O) groups is 1. The Morgan fingerprint density at radius 2 is 1.74 bits per heavy atom. The first-order valence-electron chi connectivity index (χ1n) is 6.11. The van der Waals surface area contributed by atoms with Gasteiger partial charge in [0.05, 0.1) is 5.56 Å². The first-order chi connectivity index (χ1) is 9.16. The van der Waals surface area contributed by atoms with Crippen molar-refractivity contribution >= 4 is 17.7 Å². The van der Waals surface area contributed by atoms with Crippen molar-refractivity contribution in [3.05, 3.63) is 70.8 Å². The maximum Gasteiger partial charge on any atom is 0.335 e. The van der Waals surface area contributed by atoms with Gasteiger partial charge in [-0.3, -0.25) is 0 Å². The van der Waals surface area contributed by atoms with E-state index >= 15 is 0 Å². The molecular weight excluding hydrogens is 256 g/mol. The lowest BCUT2D eigenvalue weighted by Gasteiger charge is -2.05. The van der Waals surface area contributed by atoms with Crippen molar-refractivity contribution in [2.75, 3.05) is 0 Å². The van der Waals surface area contributed by atoms with Crippen molar-refractivity contribution in [2.45, 2.75) is 18.4 Å². The van der Waals surface area contributed by atoms with Gasteiger partial charge in [0.25, 0.3) is 0 Å². The zero-order valence-corrected chi connectivity index (χ0v) is 11.6. The first-order valence-corrected chi connectivity index (χ1v) is 7.27. The molecule has 2 aromatic rings. The molecule has 2 rings (SSSR count). The number of benzene rings is 2. The Kier molecular flexibility index (Phi) is 4.63. The van der Waals surface area contributed by atoms with Gasteiger partial charge in [-0.25, -0.2) is 4.79 Å². The SMILES string of the molecule is Cc1ccccc1CSCc1ccc(C(=O)O)cc1. The number of hydrogen-bond acceptors (Lipinski definition) is 2. The zero-order valence-electron chi connectivity index (χ0n) is 10.8. The molecule has 0 fully saturated rings. The summed E-state index contributed by atoms with van der Waals surface area (Å²) in [6.45, 7) is 2.12. The Balaban J connectivity index is 1.89. The second-order valence-corrected chi connectivity index (χ2v) is 5.41.